The first-order chi connectivity index (χ1) is 14.3. The Labute approximate surface area is 192 Å². The Morgan fingerprint density at radius 1 is 1.07 bits per heavy atom. The second-order valence-electron chi connectivity index (χ2n) is 6.84. The van der Waals surface area contributed by atoms with Gasteiger partial charge in [0.1, 0.15) is 11.6 Å². The maximum absolute atomic E-state index is 13.7. The molecular formula is C20H20BrClF2N4OS. The van der Waals surface area contributed by atoms with Crippen molar-refractivity contribution >= 4 is 62.1 Å². The molecule has 2 aromatic rings. The number of hydrogen-bond donors (Lipinski definition) is 2. The molecule has 1 aliphatic heterocycles. The van der Waals surface area contributed by atoms with Crippen LogP contribution in [-0.2, 0) is 4.79 Å². The quantitative estimate of drug-likeness (QED) is 0.575. The van der Waals surface area contributed by atoms with Gasteiger partial charge in [0.2, 0.25) is 5.91 Å². The van der Waals surface area contributed by atoms with E-state index in [4.69, 9.17) is 23.8 Å². The van der Waals surface area contributed by atoms with Crippen LogP contribution in [-0.4, -0.2) is 53.5 Å². The number of nitrogens with one attached hydrogen (secondary N) is 2. The van der Waals surface area contributed by atoms with E-state index in [1.54, 1.807) is 6.07 Å². The number of amides is 1. The predicted molar refractivity (Wildman–Crippen MR) is 123 cm³/mol. The average molecular weight is 518 g/mol. The average Bonchev–Trinajstić information content (AvgIpc) is 2.92. The van der Waals surface area contributed by atoms with Crippen molar-refractivity contribution in [2.45, 2.75) is 6.42 Å². The van der Waals surface area contributed by atoms with Gasteiger partial charge in [0.25, 0.3) is 0 Å². The Morgan fingerprint density at radius 2 is 1.83 bits per heavy atom. The lowest BCUT2D eigenvalue weighted by atomic mass is 10.3. The third-order valence-electron chi connectivity index (χ3n) is 4.62. The number of thiocarbonyl (C=S) groups is 1. The van der Waals surface area contributed by atoms with E-state index in [0.29, 0.717) is 29.8 Å². The fourth-order valence-electron chi connectivity index (χ4n) is 3.10. The van der Waals surface area contributed by atoms with Gasteiger partial charge in [-0.3, -0.25) is 9.69 Å². The molecule has 0 radical (unpaired) electrons. The molecule has 1 aliphatic rings. The molecule has 1 fully saturated rings. The minimum Gasteiger partial charge on any atom is -0.348 e. The lowest BCUT2D eigenvalue weighted by molar-refractivity contribution is -0.117. The Kier molecular flexibility index (Phi) is 7.99. The Balaban J connectivity index is 1.51. The number of halogens is 4. The molecule has 0 unspecified atom stereocenters. The third kappa shape index (κ3) is 6.34. The van der Waals surface area contributed by atoms with Crippen LogP contribution in [0.15, 0.2) is 40.9 Å². The summed E-state index contributed by atoms with van der Waals surface area (Å²) in [5.74, 6) is -1.84. The fraction of sp³-hybridized carbons (Fsp3) is 0.300. The van der Waals surface area contributed by atoms with Gasteiger partial charge in [0.15, 0.2) is 5.11 Å². The maximum Gasteiger partial charge on any atom is 0.238 e. The predicted octanol–water partition coefficient (Wildman–Crippen LogP) is 4.72. The summed E-state index contributed by atoms with van der Waals surface area (Å²) in [4.78, 5) is 16.3. The van der Waals surface area contributed by atoms with Crippen molar-refractivity contribution in [1.29, 1.82) is 0 Å². The van der Waals surface area contributed by atoms with E-state index in [1.165, 1.54) is 6.07 Å². The number of hydrogen-bond acceptors (Lipinski definition) is 3. The van der Waals surface area contributed by atoms with Crippen molar-refractivity contribution < 1.29 is 13.6 Å². The Hall–Kier alpha value is -1.81. The molecule has 0 aliphatic carbocycles. The van der Waals surface area contributed by atoms with Gasteiger partial charge in [-0.05, 0) is 49.0 Å². The number of nitrogens with zero attached hydrogens (tertiary/aromatic N) is 2. The largest absolute Gasteiger partial charge is 0.348 e. The topological polar surface area (TPSA) is 47.6 Å². The molecule has 1 amide bonds. The molecular weight excluding hydrogens is 498 g/mol. The van der Waals surface area contributed by atoms with Gasteiger partial charge in [-0.1, -0.05) is 27.5 Å². The summed E-state index contributed by atoms with van der Waals surface area (Å²) >= 11 is 15.1. The summed E-state index contributed by atoms with van der Waals surface area (Å²) in [5, 5.41) is 6.79. The molecule has 0 aromatic heterocycles. The molecule has 30 heavy (non-hydrogen) atoms. The highest BCUT2D eigenvalue weighted by Gasteiger charge is 2.20. The van der Waals surface area contributed by atoms with Gasteiger partial charge in [-0.15, -0.1) is 0 Å². The van der Waals surface area contributed by atoms with Crippen LogP contribution in [0.2, 0.25) is 5.02 Å². The summed E-state index contributed by atoms with van der Waals surface area (Å²) in [6.45, 7) is 2.82. The first-order valence-corrected chi connectivity index (χ1v) is 10.9. The molecule has 1 saturated heterocycles. The van der Waals surface area contributed by atoms with E-state index in [1.807, 2.05) is 21.9 Å². The van der Waals surface area contributed by atoms with Gasteiger partial charge in [0, 0.05) is 36.7 Å². The first kappa shape index (κ1) is 22.9. The van der Waals surface area contributed by atoms with Crippen molar-refractivity contribution in [2.24, 2.45) is 0 Å². The lowest BCUT2D eigenvalue weighted by Crippen LogP contribution is -2.39. The number of anilines is 2. The summed E-state index contributed by atoms with van der Waals surface area (Å²) in [5.41, 5.74) is 0.696. The molecule has 1 heterocycles. The minimum atomic E-state index is -0.798. The van der Waals surface area contributed by atoms with E-state index in [2.05, 4.69) is 26.6 Å². The van der Waals surface area contributed by atoms with Crippen molar-refractivity contribution in [3.8, 4) is 0 Å². The molecule has 0 saturated carbocycles. The number of carbonyl (C=O) groups excluding carboxylic acids is 1. The number of benzene rings is 2. The van der Waals surface area contributed by atoms with Gasteiger partial charge >= 0.3 is 0 Å². The molecule has 160 valence electrons. The Bertz CT molecular complexity index is 949. The van der Waals surface area contributed by atoms with Crippen LogP contribution >= 0.6 is 39.7 Å². The van der Waals surface area contributed by atoms with Crippen LogP contribution in [0.25, 0.3) is 0 Å². The van der Waals surface area contributed by atoms with Crippen molar-refractivity contribution in [3.63, 3.8) is 0 Å². The molecule has 2 aromatic carbocycles. The summed E-state index contributed by atoms with van der Waals surface area (Å²) in [6, 6.07) is 8.58. The third-order valence-corrected chi connectivity index (χ3v) is 5.79. The highest BCUT2D eigenvalue weighted by Crippen LogP contribution is 2.26. The SMILES string of the molecule is O=C(CN1CCCN(C(=S)Nc2ccc(Br)cc2Cl)CC1)Nc1ccc(F)cc1F. The Morgan fingerprint density at radius 3 is 2.57 bits per heavy atom. The van der Waals surface area contributed by atoms with Crippen LogP contribution < -0.4 is 10.6 Å². The zero-order chi connectivity index (χ0) is 21.7. The fourth-order valence-corrected chi connectivity index (χ4v) is 4.11. The molecule has 0 atom stereocenters. The van der Waals surface area contributed by atoms with Gasteiger partial charge in [-0.2, -0.15) is 0 Å². The molecule has 0 bridgehead atoms. The van der Waals surface area contributed by atoms with E-state index >= 15 is 0 Å². The molecule has 2 N–H and O–H groups in total. The second-order valence-corrected chi connectivity index (χ2v) is 8.55. The zero-order valence-electron chi connectivity index (χ0n) is 15.9. The van der Waals surface area contributed by atoms with E-state index in [-0.39, 0.29) is 18.1 Å². The van der Waals surface area contributed by atoms with Crippen molar-refractivity contribution in [1.82, 2.24) is 9.80 Å². The minimum absolute atomic E-state index is 0.0328. The van der Waals surface area contributed by atoms with Gasteiger partial charge < -0.3 is 15.5 Å². The van der Waals surface area contributed by atoms with Crippen molar-refractivity contribution in [2.75, 3.05) is 43.4 Å². The molecule has 10 heteroatoms. The van der Waals surface area contributed by atoms with E-state index in [0.717, 1.165) is 35.3 Å². The van der Waals surface area contributed by atoms with Crippen LogP contribution in [0.3, 0.4) is 0 Å². The molecule has 3 rings (SSSR count). The normalized spacial score (nSPS) is 14.9. The molecule has 5 nitrogen and oxygen atoms in total. The summed E-state index contributed by atoms with van der Waals surface area (Å²) in [7, 11) is 0. The number of carbonyl (C=O) groups is 1. The number of rotatable bonds is 4. The lowest BCUT2D eigenvalue weighted by Gasteiger charge is -2.25. The van der Waals surface area contributed by atoms with Gasteiger partial charge in [0.05, 0.1) is 22.9 Å². The van der Waals surface area contributed by atoms with Crippen molar-refractivity contribution in [3.05, 3.63) is 57.5 Å². The summed E-state index contributed by atoms with van der Waals surface area (Å²) < 4.78 is 27.6. The smallest absolute Gasteiger partial charge is 0.238 e. The highest BCUT2D eigenvalue weighted by atomic mass is 79.9. The maximum atomic E-state index is 13.7. The van der Waals surface area contributed by atoms with Crippen LogP contribution in [0.5, 0.6) is 0 Å². The van der Waals surface area contributed by atoms with Gasteiger partial charge in [-0.25, -0.2) is 8.78 Å². The second kappa shape index (κ2) is 10.5. The first-order valence-electron chi connectivity index (χ1n) is 9.30. The molecule has 0 spiro atoms. The zero-order valence-corrected chi connectivity index (χ0v) is 19.1. The van der Waals surface area contributed by atoms with Crippen LogP contribution in [0.1, 0.15) is 6.42 Å². The van der Waals surface area contributed by atoms with E-state index in [9.17, 15) is 13.6 Å². The summed E-state index contributed by atoms with van der Waals surface area (Å²) in [6.07, 6.45) is 0.814. The van der Waals surface area contributed by atoms with E-state index < -0.39 is 11.6 Å². The van der Waals surface area contributed by atoms with Crippen LogP contribution in [0, 0.1) is 11.6 Å². The highest BCUT2D eigenvalue weighted by molar-refractivity contribution is 9.10. The van der Waals surface area contributed by atoms with Crippen LogP contribution in [0.4, 0.5) is 20.2 Å². The monoisotopic (exact) mass is 516 g/mol. The standard InChI is InChI=1S/C20H20BrClF2N4OS/c21-13-2-4-17(15(22)10-13)26-20(30)28-7-1-6-27(8-9-28)12-19(29)25-18-5-3-14(23)11-16(18)24/h2-5,10-11H,1,6-9,12H2,(H,25,29)(H,26,30).